The molecule has 98 valence electrons. The van der Waals surface area contributed by atoms with E-state index < -0.39 is 0 Å². The van der Waals surface area contributed by atoms with Gasteiger partial charge < -0.3 is 5.32 Å². The van der Waals surface area contributed by atoms with Crippen molar-refractivity contribution in [1.82, 2.24) is 5.32 Å². The van der Waals surface area contributed by atoms with Crippen LogP contribution in [0.2, 0.25) is 0 Å². The molecule has 4 unspecified atom stereocenters. The standard InChI is InChI=1S/C16H29N/c1-12(2)10-16(17-3)15-9-8-13-6-4-5-7-14(13)11-15/h13-17H,1,4-11H2,2-3H3. The average Bonchev–Trinajstić information content (AvgIpc) is 2.35. The highest BCUT2D eigenvalue weighted by molar-refractivity contribution is 4.97. The fourth-order valence-corrected chi connectivity index (χ4v) is 4.15. The van der Waals surface area contributed by atoms with Crippen molar-refractivity contribution in [2.75, 3.05) is 7.05 Å². The average molecular weight is 235 g/mol. The number of hydrogen-bond acceptors (Lipinski definition) is 1. The monoisotopic (exact) mass is 235 g/mol. The third-order valence-electron chi connectivity index (χ3n) is 5.09. The molecule has 0 radical (unpaired) electrons. The molecule has 0 saturated heterocycles. The molecule has 2 rings (SSSR count). The number of hydrogen-bond donors (Lipinski definition) is 1. The summed E-state index contributed by atoms with van der Waals surface area (Å²) in [6, 6.07) is 0.676. The predicted octanol–water partition coefficient (Wildman–Crippen LogP) is 4.15. The third-order valence-corrected chi connectivity index (χ3v) is 5.09. The minimum Gasteiger partial charge on any atom is -0.316 e. The van der Waals surface area contributed by atoms with Crippen LogP contribution in [0.1, 0.15) is 58.3 Å². The summed E-state index contributed by atoms with van der Waals surface area (Å²) in [7, 11) is 2.13. The van der Waals surface area contributed by atoms with Crippen LogP contribution in [0.25, 0.3) is 0 Å². The Bertz CT molecular complexity index is 258. The Balaban J connectivity index is 1.91. The van der Waals surface area contributed by atoms with Crippen molar-refractivity contribution in [3.05, 3.63) is 12.2 Å². The maximum atomic E-state index is 4.08. The molecule has 2 fully saturated rings. The molecule has 2 aliphatic rings. The Hall–Kier alpha value is -0.300. The maximum absolute atomic E-state index is 4.08. The lowest BCUT2D eigenvalue weighted by Gasteiger charge is -2.42. The van der Waals surface area contributed by atoms with Crippen molar-refractivity contribution in [2.45, 2.75) is 64.3 Å². The minimum absolute atomic E-state index is 0.676. The van der Waals surface area contributed by atoms with Gasteiger partial charge in [0.1, 0.15) is 0 Å². The molecule has 0 aliphatic heterocycles. The smallest absolute Gasteiger partial charge is 0.0129 e. The lowest BCUT2D eigenvalue weighted by Crippen LogP contribution is -2.39. The van der Waals surface area contributed by atoms with Crippen LogP contribution in [-0.2, 0) is 0 Å². The zero-order chi connectivity index (χ0) is 12.3. The second-order valence-corrected chi connectivity index (χ2v) is 6.43. The van der Waals surface area contributed by atoms with Gasteiger partial charge in [0.05, 0.1) is 0 Å². The first-order chi connectivity index (χ1) is 8.20. The molecule has 0 heterocycles. The van der Waals surface area contributed by atoms with Gasteiger partial charge in [-0.25, -0.2) is 0 Å². The van der Waals surface area contributed by atoms with Gasteiger partial charge in [0.15, 0.2) is 0 Å². The molecule has 1 nitrogen and oxygen atoms in total. The van der Waals surface area contributed by atoms with Gasteiger partial charge in [-0.2, -0.15) is 0 Å². The van der Waals surface area contributed by atoms with Gasteiger partial charge >= 0.3 is 0 Å². The zero-order valence-corrected chi connectivity index (χ0v) is 11.7. The van der Waals surface area contributed by atoms with Gasteiger partial charge in [-0.1, -0.05) is 31.3 Å². The summed E-state index contributed by atoms with van der Waals surface area (Å²) in [5.74, 6) is 3.02. The Morgan fingerprint density at radius 1 is 1.18 bits per heavy atom. The van der Waals surface area contributed by atoms with Crippen molar-refractivity contribution < 1.29 is 0 Å². The lowest BCUT2D eigenvalue weighted by atomic mass is 9.65. The van der Waals surface area contributed by atoms with Crippen LogP contribution in [0, 0.1) is 17.8 Å². The van der Waals surface area contributed by atoms with Gasteiger partial charge in [0.2, 0.25) is 0 Å². The first-order valence-corrected chi connectivity index (χ1v) is 7.52. The van der Waals surface area contributed by atoms with Crippen molar-refractivity contribution in [1.29, 1.82) is 0 Å². The largest absolute Gasteiger partial charge is 0.316 e. The molecule has 0 aromatic carbocycles. The molecular weight excluding hydrogens is 206 g/mol. The van der Waals surface area contributed by atoms with Gasteiger partial charge in [0, 0.05) is 6.04 Å². The summed E-state index contributed by atoms with van der Waals surface area (Å²) in [5, 5.41) is 3.54. The van der Waals surface area contributed by atoms with Crippen molar-refractivity contribution in [3.8, 4) is 0 Å². The zero-order valence-electron chi connectivity index (χ0n) is 11.7. The van der Waals surface area contributed by atoms with Crippen molar-refractivity contribution >= 4 is 0 Å². The molecule has 0 amide bonds. The topological polar surface area (TPSA) is 12.0 Å². The van der Waals surface area contributed by atoms with Gasteiger partial charge in [-0.15, -0.1) is 6.58 Å². The fraction of sp³-hybridized carbons (Fsp3) is 0.875. The highest BCUT2D eigenvalue weighted by Gasteiger charge is 2.34. The summed E-state index contributed by atoms with van der Waals surface area (Å²) >= 11 is 0. The van der Waals surface area contributed by atoms with Crippen LogP contribution in [0.15, 0.2) is 12.2 Å². The van der Waals surface area contributed by atoms with E-state index in [1.165, 1.54) is 56.9 Å². The Kier molecular flexibility index (Phi) is 4.67. The second-order valence-electron chi connectivity index (χ2n) is 6.43. The maximum Gasteiger partial charge on any atom is 0.0129 e. The molecule has 1 heteroatoms. The second kappa shape index (κ2) is 6.04. The minimum atomic E-state index is 0.676. The highest BCUT2D eigenvalue weighted by Crippen LogP contribution is 2.44. The molecule has 0 aromatic rings. The van der Waals surface area contributed by atoms with E-state index in [1.807, 2.05) is 0 Å². The molecule has 2 saturated carbocycles. The highest BCUT2D eigenvalue weighted by atomic mass is 14.9. The van der Waals surface area contributed by atoms with E-state index in [0.717, 1.165) is 17.8 Å². The predicted molar refractivity (Wildman–Crippen MR) is 75.1 cm³/mol. The molecule has 4 atom stereocenters. The van der Waals surface area contributed by atoms with Crippen molar-refractivity contribution in [2.24, 2.45) is 17.8 Å². The number of fused-ring (bicyclic) bond motifs is 1. The molecule has 0 bridgehead atoms. The van der Waals surface area contributed by atoms with E-state index in [4.69, 9.17) is 0 Å². The Morgan fingerprint density at radius 3 is 2.53 bits per heavy atom. The first kappa shape index (κ1) is 13.1. The first-order valence-electron chi connectivity index (χ1n) is 7.52. The normalized spacial score (nSPS) is 35.1. The molecular formula is C16H29N. The Morgan fingerprint density at radius 2 is 1.88 bits per heavy atom. The fourth-order valence-electron chi connectivity index (χ4n) is 4.15. The number of nitrogens with one attached hydrogen (secondary N) is 1. The molecule has 2 aliphatic carbocycles. The summed E-state index contributed by atoms with van der Waals surface area (Å²) in [4.78, 5) is 0. The summed E-state index contributed by atoms with van der Waals surface area (Å²) < 4.78 is 0. The van der Waals surface area contributed by atoms with Crippen LogP contribution >= 0.6 is 0 Å². The van der Waals surface area contributed by atoms with Crippen LogP contribution in [-0.4, -0.2) is 13.1 Å². The summed E-state index contributed by atoms with van der Waals surface area (Å²) in [6.45, 7) is 6.24. The Labute approximate surface area is 107 Å². The van der Waals surface area contributed by atoms with Gasteiger partial charge in [-0.05, 0) is 57.4 Å². The van der Waals surface area contributed by atoms with E-state index in [1.54, 1.807) is 0 Å². The lowest BCUT2D eigenvalue weighted by molar-refractivity contribution is 0.111. The van der Waals surface area contributed by atoms with E-state index in [0.29, 0.717) is 6.04 Å². The van der Waals surface area contributed by atoms with Gasteiger partial charge in [0.25, 0.3) is 0 Å². The van der Waals surface area contributed by atoms with Crippen LogP contribution < -0.4 is 5.32 Å². The van der Waals surface area contributed by atoms with Crippen LogP contribution in [0.4, 0.5) is 0 Å². The molecule has 1 N–H and O–H groups in total. The van der Waals surface area contributed by atoms with Crippen LogP contribution in [0.5, 0.6) is 0 Å². The summed E-state index contributed by atoms with van der Waals surface area (Å²) in [6.07, 6.45) is 11.6. The molecule has 0 aromatic heterocycles. The molecule has 17 heavy (non-hydrogen) atoms. The SMILES string of the molecule is C=C(C)CC(NC)C1CCC2CCCCC2C1. The van der Waals surface area contributed by atoms with E-state index in [9.17, 15) is 0 Å². The van der Waals surface area contributed by atoms with Crippen LogP contribution in [0.3, 0.4) is 0 Å². The van der Waals surface area contributed by atoms with E-state index in [2.05, 4.69) is 25.9 Å². The quantitative estimate of drug-likeness (QED) is 0.722. The third kappa shape index (κ3) is 3.34. The van der Waals surface area contributed by atoms with E-state index in [-0.39, 0.29) is 0 Å². The summed E-state index contributed by atoms with van der Waals surface area (Å²) in [5.41, 5.74) is 1.33. The number of rotatable bonds is 4. The van der Waals surface area contributed by atoms with Crippen molar-refractivity contribution in [3.63, 3.8) is 0 Å². The van der Waals surface area contributed by atoms with Gasteiger partial charge in [-0.3, -0.25) is 0 Å². The molecule has 0 spiro atoms. The van der Waals surface area contributed by atoms with E-state index >= 15 is 0 Å².